The average molecular weight is 470 g/mol. The number of esters is 1. The summed E-state index contributed by atoms with van der Waals surface area (Å²) in [6, 6.07) is 4.80. The molecule has 2 aromatic rings. The first-order valence-corrected chi connectivity index (χ1v) is 11.6. The monoisotopic (exact) mass is 469 g/mol. The van der Waals surface area contributed by atoms with Crippen molar-refractivity contribution in [2.24, 2.45) is 0 Å². The van der Waals surface area contributed by atoms with E-state index in [4.69, 9.17) is 25.5 Å². The van der Waals surface area contributed by atoms with Gasteiger partial charge in [-0.2, -0.15) is 0 Å². The van der Waals surface area contributed by atoms with Crippen molar-refractivity contribution in [2.75, 3.05) is 13.2 Å². The molecule has 0 saturated carbocycles. The van der Waals surface area contributed by atoms with Crippen LogP contribution in [0.1, 0.15) is 50.5 Å². The molecule has 1 aromatic carbocycles. The lowest BCUT2D eigenvalue weighted by Gasteiger charge is -2.33. The second-order valence-corrected chi connectivity index (χ2v) is 9.10. The molecular formula is C25H24ClNO6. The zero-order valence-electron chi connectivity index (χ0n) is 18.2. The number of dihydropyridines is 1. The molecule has 3 aliphatic rings. The second-order valence-electron chi connectivity index (χ2n) is 8.66. The Morgan fingerprint density at radius 3 is 2.88 bits per heavy atom. The minimum absolute atomic E-state index is 0.0868. The van der Waals surface area contributed by atoms with E-state index in [9.17, 15) is 14.4 Å². The number of benzene rings is 1. The fraction of sp³-hybridized carbons (Fsp3) is 0.400. The SMILES string of the molecule is CC1=C(C(=O)OC[C@@H]2CCCO2)[C@@H](c2coc3ccc(Cl)cc3c2=O)C2=C(CCCC2=O)N1. The molecule has 1 saturated heterocycles. The van der Waals surface area contributed by atoms with Crippen molar-refractivity contribution in [1.29, 1.82) is 0 Å². The number of halogens is 1. The molecule has 5 rings (SSSR count). The Bertz CT molecular complexity index is 1270. The van der Waals surface area contributed by atoms with Gasteiger partial charge >= 0.3 is 5.97 Å². The lowest BCUT2D eigenvalue weighted by atomic mass is 9.75. The number of allylic oxidation sites excluding steroid dienone is 3. The van der Waals surface area contributed by atoms with Crippen LogP contribution in [0.5, 0.6) is 0 Å². The summed E-state index contributed by atoms with van der Waals surface area (Å²) < 4.78 is 16.9. The molecule has 1 aromatic heterocycles. The normalized spacial score (nSPS) is 23.0. The molecule has 1 fully saturated rings. The van der Waals surface area contributed by atoms with Gasteiger partial charge in [0.05, 0.1) is 29.2 Å². The number of carbonyl (C=O) groups is 2. The van der Waals surface area contributed by atoms with E-state index in [1.807, 2.05) is 0 Å². The van der Waals surface area contributed by atoms with Crippen molar-refractivity contribution in [1.82, 2.24) is 5.32 Å². The largest absolute Gasteiger partial charge is 0.464 e. The van der Waals surface area contributed by atoms with Crippen molar-refractivity contribution in [3.05, 3.63) is 67.8 Å². The number of rotatable bonds is 4. The molecule has 8 heteroatoms. The molecule has 2 aliphatic heterocycles. The summed E-state index contributed by atoms with van der Waals surface area (Å²) in [6.45, 7) is 2.54. The van der Waals surface area contributed by atoms with Gasteiger partial charge in [0.1, 0.15) is 12.2 Å². The van der Waals surface area contributed by atoms with Crippen molar-refractivity contribution in [3.8, 4) is 0 Å². The van der Waals surface area contributed by atoms with E-state index in [-0.39, 0.29) is 35.1 Å². The third-order valence-corrected chi connectivity index (χ3v) is 6.73. The summed E-state index contributed by atoms with van der Waals surface area (Å²) in [5, 5.41) is 3.92. The third kappa shape index (κ3) is 4.00. The van der Waals surface area contributed by atoms with Gasteiger partial charge in [-0.1, -0.05) is 11.6 Å². The molecule has 2 atom stereocenters. The Morgan fingerprint density at radius 2 is 2.09 bits per heavy atom. The Balaban J connectivity index is 1.61. The van der Waals surface area contributed by atoms with Gasteiger partial charge in [-0.05, 0) is 50.8 Å². The molecule has 3 heterocycles. The minimum atomic E-state index is -0.870. The van der Waals surface area contributed by atoms with E-state index in [1.165, 1.54) is 12.3 Å². The average Bonchev–Trinajstić information content (AvgIpc) is 3.31. The van der Waals surface area contributed by atoms with Crippen LogP contribution in [0.15, 0.2) is 56.2 Å². The number of hydrogen-bond acceptors (Lipinski definition) is 7. The minimum Gasteiger partial charge on any atom is -0.464 e. The first-order chi connectivity index (χ1) is 15.9. The first kappa shape index (κ1) is 21.9. The van der Waals surface area contributed by atoms with Crippen LogP contribution in [0.4, 0.5) is 0 Å². The molecule has 7 nitrogen and oxygen atoms in total. The number of ether oxygens (including phenoxy) is 2. The molecule has 172 valence electrons. The van der Waals surface area contributed by atoms with Crippen LogP contribution in [0.3, 0.4) is 0 Å². The van der Waals surface area contributed by atoms with E-state index >= 15 is 0 Å². The fourth-order valence-corrected chi connectivity index (χ4v) is 5.08. The Morgan fingerprint density at radius 1 is 1.24 bits per heavy atom. The van der Waals surface area contributed by atoms with Gasteiger partial charge in [0.25, 0.3) is 0 Å². The maximum absolute atomic E-state index is 13.5. The summed E-state index contributed by atoms with van der Waals surface area (Å²) in [4.78, 5) is 39.9. The van der Waals surface area contributed by atoms with Crippen LogP contribution < -0.4 is 10.7 Å². The van der Waals surface area contributed by atoms with Crippen LogP contribution in [-0.4, -0.2) is 31.1 Å². The Labute approximate surface area is 195 Å². The van der Waals surface area contributed by atoms with Gasteiger partial charge < -0.3 is 19.2 Å². The predicted octanol–water partition coefficient (Wildman–Crippen LogP) is 4.14. The van der Waals surface area contributed by atoms with Crippen molar-refractivity contribution >= 4 is 34.3 Å². The van der Waals surface area contributed by atoms with Crippen molar-refractivity contribution in [2.45, 2.75) is 51.0 Å². The molecule has 0 amide bonds. The number of ketones is 1. The predicted molar refractivity (Wildman–Crippen MR) is 122 cm³/mol. The van der Waals surface area contributed by atoms with Crippen LogP contribution in [0, 0.1) is 0 Å². The van der Waals surface area contributed by atoms with E-state index < -0.39 is 11.9 Å². The van der Waals surface area contributed by atoms with E-state index in [0.717, 1.165) is 18.5 Å². The highest BCUT2D eigenvalue weighted by molar-refractivity contribution is 6.31. The maximum Gasteiger partial charge on any atom is 0.336 e. The quantitative estimate of drug-likeness (QED) is 0.672. The topological polar surface area (TPSA) is 94.8 Å². The lowest BCUT2D eigenvalue weighted by Crippen LogP contribution is -2.36. The molecule has 33 heavy (non-hydrogen) atoms. The Kier molecular flexibility index (Phi) is 5.85. The van der Waals surface area contributed by atoms with E-state index in [1.54, 1.807) is 19.1 Å². The standard InChI is InChI=1S/C25H24ClNO6/c1-13-21(25(30)33-11-15-4-3-9-31-15)22(23-18(27-13)5-2-6-19(23)28)17-12-32-20-8-7-14(26)10-16(20)24(17)29/h7-8,10,12,15,22,27H,2-6,9,11H2,1H3/t15-,22+/m0/s1. The van der Waals surface area contributed by atoms with Gasteiger partial charge in [-0.15, -0.1) is 0 Å². The number of Topliss-reactive ketones (excluding diaryl/α,β-unsaturated/α-hetero) is 1. The van der Waals surface area contributed by atoms with Crippen molar-refractivity contribution in [3.63, 3.8) is 0 Å². The molecule has 0 radical (unpaired) electrons. The highest BCUT2D eigenvalue weighted by Crippen LogP contribution is 2.42. The summed E-state index contributed by atoms with van der Waals surface area (Å²) >= 11 is 6.12. The fourth-order valence-electron chi connectivity index (χ4n) is 4.90. The molecule has 0 unspecified atom stereocenters. The highest BCUT2D eigenvalue weighted by atomic mass is 35.5. The summed E-state index contributed by atoms with van der Waals surface area (Å²) in [5.74, 6) is -1.53. The zero-order chi connectivity index (χ0) is 23.1. The molecule has 1 N–H and O–H groups in total. The zero-order valence-corrected chi connectivity index (χ0v) is 19.0. The van der Waals surface area contributed by atoms with Gasteiger partial charge in [0.2, 0.25) is 0 Å². The second kappa shape index (κ2) is 8.80. The summed E-state index contributed by atoms with van der Waals surface area (Å²) in [7, 11) is 0. The first-order valence-electron chi connectivity index (χ1n) is 11.2. The van der Waals surface area contributed by atoms with E-state index in [2.05, 4.69) is 5.32 Å². The Hall–Kier alpha value is -2.90. The molecule has 1 aliphatic carbocycles. The van der Waals surface area contributed by atoms with Gasteiger partial charge in [0.15, 0.2) is 11.2 Å². The smallest absolute Gasteiger partial charge is 0.336 e. The molecular weight excluding hydrogens is 446 g/mol. The molecule has 0 bridgehead atoms. The van der Waals surface area contributed by atoms with Gasteiger partial charge in [-0.25, -0.2) is 4.79 Å². The van der Waals surface area contributed by atoms with Crippen LogP contribution in [-0.2, 0) is 19.1 Å². The number of nitrogens with one attached hydrogen (secondary N) is 1. The van der Waals surface area contributed by atoms with Gasteiger partial charge in [0, 0.05) is 40.6 Å². The maximum atomic E-state index is 13.5. The highest BCUT2D eigenvalue weighted by Gasteiger charge is 2.41. The van der Waals surface area contributed by atoms with Crippen LogP contribution in [0.25, 0.3) is 11.0 Å². The number of carbonyl (C=O) groups excluding carboxylic acids is 2. The van der Waals surface area contributed by atoms with E-state index in [0.29, 0.717) is 53.1 Å². The lowest BCUT2D eigenvalue weighted by molar-refractivity contribution is -0.142. The number of hydrogen-bond donors (Lipinski definition) is 1. The third-order valence-electron chi connectivity index (χ3n) is 6.49. The summed E-state index contributed by atoms with van der Waals surface area (Å²) in [5.41, 5.74) is 2.27. The van der Waals surface area contributed by atoms with Gasteiger partial charge in [-0.3, -0.25) is 9.59 Å². The summed E-state index contributed by atoms with van der Waals surface area (Å²) in [6.07, 6.45) is 4.71. The molecule has 0 spiro atoms. The van der Waals surface area contributed by atoms with Crippen LogP contribution in [0.2, 0.25) is 5.02 Å². The van der Waals surface area contributed by atoms with Crippen LogP contribution >= 0.6 is 11.6 Å². The number of fused-ring (bicyclic) bond motifs is 1. The van der Waals surface area contributed by atoms with Crippen molar-refractivity contribution < 1.29 is 23.5 Å².